The Labute approximate surface area is 182 Å². The van der Waals surface area contributed by atoms with Crippen molar-refractivity contribution in [3.8, 4) is 5.69 Å². The maximum Gasteiger partial charge on any atom is 0.253 e. The van der Waals surface area contributed by atoms with Crippen LogP contribution in [-0.4, -0.2) is 52.7 Å². The van der Waals surface area contributed by atoms with Gasteiger partial charge >= 0.3 is 0 Å². The van der Waals surface area contributed by atoms with Gasteiger partial charge in [0.15, 0.2) is 0 Å². The highest BCUT2D eigenvalue weighted by atomic mass is 16.2. The molecule has 1 aliphatic heterocycles. The van der Waals surface area contributed by atoms with Crippen LogP contribution < -0.4 is 10.2 Å². The van der Waals surface area contributed by atoms with Crippen molar-refractivity contribution in [2.24, 2.45) is 0 Å². The predicted octanol–water partition coefficient (Wildman–Crippen LogP) is 3.41. The summed E-state index contributed by atoms with van der Waals surface area (Å²) in [6.45, 7) is 8.43. The fourth-order valence-electron chi connectivity index (χ4n) is 4.13. The maximum atomic E-state index is 12.9. The van der Waals surface area contributed by atoms with Gasteiger partial charge < -0.3 is 15.1 Å². The highest BCUT2D eigenvalue weighted by Crippen LogP contribution is 2.28. The number of anilines is 2. The fraction of sp³-hybridized carbons (Fsp3) is 0.292. The zero-order chi connectivity index (χ0) is 22.0. The topological polar surface area (TPSA) is 70.5 Å². The smallest absolute Gasteiger partial charge is 0.253 e. The molecule has 0 saturated carbocycles. The van der Waals surface area contributed by atoms with E-state index in [2.05, 4.69) is 29.3 Å². The summed E-state index contributed by atoms with van der Waals surface area (Å²) >= 11 is 0. The second-order valence-electron chi connectivity index (χ2n) is 7.80. The third-order valence-corrected chi connectivity index (χ3v) is 5.59. The van der Waals surface area contributed by atoms with E-state index in [1.807, 2.05) is 34.7 Å². The largest absolute Gasteiger partial charge is 0.365 e. The van der Waals surface area contributed by atoms with Gasteiger partial charge in [-0.15, -0.1) is 0 Å². The van der Waals surface area contributed by atoms with Crippen molar-refractivity contribution in [1.82, 2.24) is 14.7 Å². The molecule has 1 aromatic heterocycles. The molecule has 2 amide bonds. The van der Waals surface area contributed by atoms with E-state index in [0.717, 1.165) is 35.9 Å². The second kappa shape index (κ2) is 8.63. The van der Waals surface area contributed by atoms with E-state index < -0.39 is 0 Å². The number of benzene rings is 2. The Kier molecular flexibility index (Phi) is 5.75. The van der Waals surface area contributed by atoms with Crippen molar-refractivity contribution in [1.29, 1.82) is 0 Å². The first-order valence-electron chi connectivity index (χ1n) is 10.5. The van der Waals surface area contributed by atoms with Gasteiger partial charge in [0, 0.05) is 44.4 Å². The molecule has 4 rings (SSSR count). The second-order valence-corrected chi connectivity index (χ2v) is 7.80. The van der Waals surface area contributed by atoms with Crippen LogP contribution in [0, 0.1) is 13.8 Å². The van der Waals surface area contributed by atoms with Crippen LogP contribution in [0.5, 0.6) is 0 Å². The number of nitrogens with one attached hydrogen (secondary N) is 1. The molecule has 0 atom stereocenters. The van der Waals surface area contributed by atoms with Crippen LogP contribution >= 0.6 is 0 Å². The van der Waals surface area contributed by atoms with Crippen molar-refractivity contribution in [2.75, 3.05) is 36.4 Å². The Morgan fingerprint density at radius 1 is 0.903 bits per heavy atom. The molecule has 7 nitrogen and oxygen atoms in total. The van der Waals surface area contributed by atoms with E-state index in [1.165, 1.54) is 6.92 Å². The molecule has 31 heavy (non-hydrogen) atoms. The summed E-state index contributed by atoms with van der Waals surface area (Å²) in [5.74, 6) is -0.112. The summed E-state index contributed by atoms with van der Waals surface area (Å²) in [7, 11) is 0. The van der Waals surface area contributed by atoms with E-state index in [-0.39, 0.29) is 11.8 Å². The van der Waals surface area contributed by atoms with Gasteiger partial charge in [-0.05, 0) is 50.2 Å². The van der Waals surface area contributed by atoms with Crippen LogP contribution in [0.25, 0.3) is 5.69 Å². The lowest BCUT2D eigenvalue weighted by Gasteiger charge is -2.36. The predicted molar refractivity (Wildman–Crippen MR) is 122 cm³/mol. The molecule has 2 aromatic carbocycles. The Hall–Kier alpha value is -3.61. The average Bonchev–Trinajstić information content (AvgIpc) is 3.08. The first kappa shape index (κ1) is 20.7. The number of para-hydroxylation sites is 1. The first-order valence-corrected chi connectivity index (χ1v) is 10.5. The fourth-order valence-corrected chi connectivity index (χ4v) is 4.13. The van der Waals surface area contributed by atoms with E-state index in [1.54, 1.807) is 24.3 Å². The molecule has 160 valence electrons. The van der Waals surface area contributed by atoms with Crippen LogP contribution in [0.15, 0.2) is 54.6 Å². The first-order chi connectivity index (χ1) is 14.9. The van der Waals surface area contributed by atoms with Crippen molar-refractivity contribution < 1.29 is 9.59 Å². The maximum absolute atomic E-state index is 12.9. The van der Waals surface area contributed by atoms with Gasteiger partial charge in [-0.1, -0.05) is 18.2 Å². The zero-order valence-corrected chi connectivity index (χ0v) is 18.1. The van der Waals surface area contributed by atoms with Gasteiger partial charge in [-0.2, -0.15) is 5.10 Å². The molecule has 0 aliphatic carbocycles. The quantitative estimate of drug-likeness (QED) is 0.706. The summed E-state index contributed by atoms with van der Waals surface area (Å²) in [5.41, 5.74) is 5.62. The van der Waals surface area contributed by atoms with Gasteiger partial charge in [-0.25, -0.2) is 4.68 Å². The van der Waals surface area contributed by atoms with E-state index in [0.29, 0.717) is 24.3 Å². The molecule has 2 heterocycles. The van der Waals surface area contributed by atoms with Gasteiger partial charge in [-0.3, -0.25) is 9.59 Å². The molecule has 0 radical (unpaired) electrons. The lowest BCUT2D eigenvalue weighted by molar-refractivity contribution is -0.114. The molecule has 3 aromatic rings. The van der Waals surface area contributed by atoms with Gasteiger partial charge in [0.1, 0.15) is 0 Å². The number of amides is 2. The van der Waals surface area contributed by atoms with Gasteiger partial charge in [0.2, 0.25) is 5.91 Å². The molecule has 0 bridgehead atoms. The molecule has 7 heteroatoms. The molecule has 1 saturated heterocycles. The molecule has 1 N–H and O–H groups in total. The highest BCUT2D eigenvalue weighted by molar-refractivity contribution is 5.95. The summed E-state index contributed by atoms with van der Waals surface area (Å²) in [4.78, 5) is 28.3. The summed E-state index contributed by atoms with van der Waals surface area (Å²) < 4.78 is 1.98. The van der Waals surface area contributed by atoms with Gasteiger partial charge in [0.05, 0.1) is 22.8 Å². The Morgan fingerprint density at radius 2 is 1.55 bits per heavy atom. The molecule has 0 spiro atoms. The minimum absolute atomic E-state index is 0.0162. The Balaban J connectivity index is 1.44. The highest BCUT2D eigenvalue weighted by Gasteiger charge is 2.26. The van der Waals surface area contributed by atoms with Crippen molar-refractivity contribution in [2.45, 2.75) is 20.8 Å². The summed E-state index contributed by atoms with van der Waals surface area (Å²) in [6, 6.07) is 17.2. The third-order valence-electron chi connectivity index (χ3n) is 5.59. The summed E-state index contributed by atoms with van der Waals surface area (Å²) in [5, 5.41) is 7.47. The van der Waals surface area contributed by atoms with Crippen LogP contribution in [0.1, 0.15) is 28.7 Å². The lowest BCUT2D eigenvalue weighted by atomic mass is 10.1. The van der Waals surface area contributed by atoms with Crippen molar-refractivity contribution >= 4 is 23.2 Å². The van der Waals surface area contributed by atoms with Crippen molar-refractivity contribution in [3.05, 3.63) is 71.5 Å². The lowest BCUT2D eigenvalue weighted by Crippen LogP contribution is -2.49. The third kappa shape index (κ3) is 4.30. The molecule has 0 unspecified atom stereocenters. The Morgan fingerprint density at radius 3 is 2.16 bits per heavy atom. The standard InChI is InChI=1S/C24H27N5O2/c1-17-23(18(2)29(26-17)22-7-5-4-6-8-22)27-13-15-28(16-14-27)24(31)20-9-11-21(12-10-20)25-19(3)30/h4-12H,13-16H2,1-3H3,(H,25,30). The zero-order valence-electron chi connectivity index (χ0n) is 18.1. The normalized spacial score (nSPS) is 13.9. The number of carbonyl (C=O) groups excluding carboxylic acids is 2. The molecular formula is C24H27N5O2. The van der Waals surface area contributed by atoms with E-state index in [4.69, 9.17) is 5.10 Å². The minimum atomic E-state index is -0.128. The number of aromatic nitrogens is 2. The number of hydrogen-bond acceptors (Lipinski definition) is 4. The number of hydrogen-bond donors (Lipinski definition) is 1. The van der Waals surface area contributed by atoms with Crippen LogP contribution in [0.4, 0.5) is 11.4 Å². The number of nitrogens with zero attached hydrogens (tertiary/aromatic N) is 4. The molecule has 1 fully saturated rings. The van der Waals surface area contributed by atoms with Crippen molar-refractivity contribution in [3.63, 3.8) is 0 Å². The van der Waals surface area contributed by atoms with Crippen LogP contribution in [0.3, 0.4) is 0 Å². The van der Waals surface area contributed by atoms with Gasteiger partial charge in [0.25, 0.3) is 5.91 Å². The average molecular weight is 418 g/mol. The molecular weight excluding hydrogens is 390 g/mol. The number of carbonyl (C=O) groups is 2. The number of piperazine rings is 1. The summed E-state index contributed by atoms with van der Waals surface area (Å²) in [6.07, 6.45) is 0. The van der Waals surface area contributed by atoms with Crippen LogP contribution in [0.2, 0.25) is 0 Å². The van der Waals surface area contributed by atoms with E-state index in [9.17, 15) is 9.59 Å². The monoisotopic (exact) mass is 417 g/mol. The van der Waals surface area contributed by atoms with E-state index >= 15 is 0 Å². The number of rotatable bonds is 4. The molecule has 1 aliphatic rings. The van der Waals surface area contributed by atoms with Crippen LogP contribution in [-0.2, 0) is 4.79 Å². The number of aryl methyl sites for hydroxylation is 1. The SMILES string of the molecule is CC(=O)Nc1ccc(C(=O)N2CCN(c3c(C)nn(-c4ccccc4)c3C)CC2)cc1. The Bertz CT molecular complexity index is 1080. The minimum Gasteiger partial charge on any atom is -0.365 e.